The van der Waals surface area contributed by atoms with Crippen LogP contribution in [-0.4, -0.2) is 9.61 Å². The Balaban J connectivity index is 2.63. The van der Waals surface area contributed by atoms with Crippen LogP contribution in [0.15, 0.2) is 24.5 Å². The van der Waals surface area contributed by atoms with E-state index in [4.69, 9.17) is 5.26 Å². The highest BCUT2D eigenvalue weighted by Crippen LogP contribution is 2.23. The van der Waals surface area contributed by atoms with Gasteiger partial charge in [0.1, 0.15) is 0 Å². The van der Waals surface area contributed by atoms with Crippen LogP contribution in [0.4, 0.5) is 0 Å². The van der Waals surface area contributed by atoms with Gasteiger partial charge in [-0.2, -0.15) is 10.4 Å². The second-order valence-corrected chi connectivity index (χ2v) is 5.14. The highest BCUT2D eigenvalue weighted by atomic mass is 127. The molecule has 0 fully saturated rings. The summed E-state index contributed by atoms with van der Waals surface area (Å²) in [6.07, 6.45) is 3.74. The zero-order valence-corrected chi connectivity index (χ0v) is 10.7. The molecule has 0 N–H and O–H groups in total. The number of nitrogens with zero attached hydrogens (tertiary/aromatic N) is 3. The average Bonchev–Trinajstić information content (AvgIpc) is 2.60. The highest BCUT2D eigenvalue weighted by Gasteiger charge is 2.20. The van der Waals surface area contributed by atoms with Gasteiger partial charge >= 0.3 is 0 Å². The minimum Gasteiger partial charge on any atom is -0.240 e. The molecule has 2 aromatic rings. The van der Waals surface area contributed by atoms with Crippen molar-refractivity contribution in [1.82, 2.24) is 9.61 Å². The summed E-state index contributed by atoms with van der Waals surface area (Å²) >= 11 is 2.25. The highest BCUT2D eigenvalue weighted by molar-refractivity contribution is 14.1. The van der Waals surface area contributed by atoms with Gasteiger partial charge < -0.3 is 0 Å². The normalized spacial score (nSPS) is 11.6. The van der Waals surface area contributed by atoms with Crippen LogP contribution in [0.25, 0.3) is 5.52 Å². The van der Waals surface area contributed by atoms with Crippen molar-refractivity contribution < 1.29 is 0 Å². The van der Waals surface area contributed by atoms with Crippen molar-refractivity contribution in [2.75, 3.05) is 0 Å². The van der Waals surface area contributed by atoms with Crippen molar-refractivity contribution in [2.24, 2.45) is 0 Å². The van der Waals surface area contributed by atoms with Crippen LogP contribution in [-0.2, 0) is 5.41 Å². The van der Waals surface area contributed by atoms with Crippen molar-refractivity contribution in [3.8, 4) is 6.07 Å². The predicted molar refractivity (Wildman–Crippen MR) is 66.5 cm³/mol. The second kappa shape index (κ2) is 3.49. The summed E-state index contributed by atoms with van der Waals surface area (Å²) < 4.78 is 2.94. The summed E-state index contributed by atoms with van der Waals surface area (Å²) in [5.74, 6) is 0. The SMILES string of the molecule is CC(C)(C#N)c1ccc2c(I)cnn2c1. The van der Waals surface area contributed by atoms with Crippen molar-refractivity contribution in [3.05, 3.63) is 33.7 Å². The largest absolute Gasteiger partial charge is 0.240 e. The number of aromatic nitrogens is 2. The van der Waals surface area contributed by atoms with Crippen LogP contribution in [0, 0.1) is 14.9 Å². The van der Waals surface area contributed by atoms with Crippen molar-refractivity contribution in [2.45, 2.75) is 19.3 Å². The first-order chi connectivity index (χ1) is 7.04. The Hall–Kier alpha value is -1.09. The fourth-order valence-electron chi connectivity index (χ4n) is 1.39. The fraction of sp³-hybridized carbons (Fsp3) is 0.273. The van der Waals surface area contributed by atoms with Crippen LogP contribution in [0.5, 0.6) is 0 Å². The molecule has 4 heteroatoms. The summed E-state index contributed by atoms with van der Waals surface area (Å²) in [5.41, 5.74) is 1.59. The number of halogens is 1. The van der Waals surface area contributed by atoms with E-state index in [0.29, 0.717) is 0 Å². The zero-order chi connectivity index (χ0) is 11.1. The minimum absolute atomic E-state index is 0.467. The van der Waals surface area contributed by atoms with E-state index in [-0.39, 0.29) is 0 Å². The lowest BCUT2D eigenvalue weighted by Gasteiger charge is -2.15. The molecule has 0 atom stereocenters. The first kappa shape index (κ1) is 10.4. The van der Waals surface area contributed by atoms with Gasteiger partial charge in [0.05, 0.1) is 26.8 Å². The second-order valence-electron chi connectivity index (χ2n) is 3.98. The fourth-order valence-corrected chi connectivity index (χ4v) is 1.94. The molecular weight excluding hydrogens is 301 g/mol. The molecule has 0 unspecified atom stereocenters. The first-order valence-corrected chi connectivity index (χ1v) is 5.67. The van der Waals surface area contributed by atoms with E-state index in [9.17, 15) is 0 Å². The number of hydrogen-bond acceptors (Lipinski definition) is 2. The standard InChI is InChI=1S/C11H10IN3/c1-11(2,7-13)8-3-4-10-9(12)5-14-15(10)6-8/h3-6H,1-2H3. The molecule has 2 rings (SSSR count). The molecule has 0 saturated heterocycles. The van der Waals surface area contributed by atoms with E-state index in [1.54, 1.807) is 0 Å². The third-order valence-electron chi connectivity index (χ3n) is 2.47. The number of pyridine rings is 1. The Morgan fingerprint density at radius 1 is 1.47 bits per heavy atom. The van der Waals surface area contributed by atoms with Gasteiger partial charge in [-0.1, -0.05) is 6.07 Å². The third kappa shape index (κ3) is 1.72. The summed E-state index contributed by atoms with van der Waals surface area (Å²) in [7, 11) is 0. The maximum absolute atomic E-state index is 9.04. The van der Waals surface area contributed by atoms with Crippen LogP contribution in [0.2, 0.25) is 0 Å². The minimum atomic E-state index is -0.467. The van der Waals surface area contributed by atoms with Gasteiger partial charge in [0.2, 0.25) is 0 Å². The molecule has 3 nitrogen and oxygen atoms in total. The predicted octanol–water partition coefficient (Wildman–Crippen LogP) is 2.74. The monoisotopic (exact) mass is 311 g/mol. The molecule has 0 aliphatic carbocycles. The molecule has 0 aliphatic rings. The lowest BCUT2D eigenvalue weighted by Crippen LogP contribution is -2.14. The van der Waals surface area contributed by atoms with Crippen LogP contribution in [0.3, 0.4) is 0 Å². The van der Waals surface area contributed by atoms with Crippen LogP contribution in [0.1, 0.15) is 19.4 Å². The first-order valence-electron chi connectivity index (χ1n) is 4.59. The molecule has 0 saturated carbocycles. The zero-order valence-electron chi connectivity index (χ0n) is 8.53. The molecule has 2 aromatic heterocycles. The Kier molecular flexibility index (Phi) is 2.43. The van der Waals surface area contributed by atoms with Crippen molar-refractivity contribution >= 4 is 28.1 Å². The van der Waals surface area contributed by atoms with Gasteiger partial charge in [-0.25, -0.2) is 4.52 Å². The maximum Gasteiger partial charge on any atom is 0.0795 e. The van der Waals surface area contributed by atoms with Crippen molar-refractivity contribution in [1.29, 1.82) is 5.26 Å². The Labute approximate surface area is 102 Å². The van der Waals surface area contributed by atoms with E-state index < -0.39 is 5.41 Å². The summed E-state index contributed by atoms with van der Waals surface area (Å²) in [6, 6.07) is 6.28. The van der Waals surface area contributed by atoms with Gasteiger partial charge in [-0.05, 0) is 48.1 Å². The van der Waals surface area contributed by atoms with E-state index in [1.165, 1.54) is 0 Å². The van der Waals surface area contributed by atoms with Gasteiger partial charge in [0.15, 0.2) is 0 Å². The number of hydrogen-bond donors (Lipinski definition) is 0. The maximum atomic E-state index is 9.04. The van der Waals surface area contributed by atoms with Gasteiger partial charge in [0, 0.05) is 6.20 Å². The summed E-state index contributed by atoms with van der Waals surface area (Å²) in [4.78, 5) is 0. The summed E-state index contributed by atoms with van der Waals surface area (Å²) in [6.45, 7) is 3.81. The lowest BCUT2D eigenvalue weighted by atomic mass is 9.88. The quantitative estimate of drug-likeness (QED) is 0.760. The Bertz CT molecular complexity index is 548. The molecule has 0 amide bonds. The van der Waals surface area contributed by atoms with E-state index in [0.717, 1.165) is 14.7 Å². The third-order valence-corrected chi connectivity index (χ3v) is 3.30. The van der Waals surface area contributed by atoms with Crippen LogP contribution < -0.4 is 0 Å². The molecule has 0 spiro atoms. The molecule has 0 bridgehead atoms. The van der Waals surface area contributed by atoms with E-state index >= 15 is 0 Å². The molecule has 15 heavy (non-hydrogen) atoms. The molecule has 0 aromatic carbocycles. The Morgan fingerprint density at radius 3 is 2.87 bits per heavy atom. The molecule has 0 aliphatic heterocycles. The molecule has 76 valence electrons. The van der Waals surface area contributed by atoms with Crippen LogP contribution >= 0.6 is 22.6 Å². The van der Waals surface area contributed by atoms with Gasteiger partial charge in [-0.3, -0.25) is 0 Å². The lowest BCUT2D eigenvalue weighted by molar-refractivity contribution is 0.677. The van der Waals surface area contributed by atoms with E-state index in [2.05, 4.69) is 33.8 Å². The Morgan fingerprint density at radius 2 is 2.20 bits per heavy atom. The smallest absolute Gasteiger partial charge is 0.0795 e. The number of nitriles is 1. The average molecular weight is 311 g/mol. The van der Waals surface area contributed by atoms with E-state index in [1.807, 2.05) is 42.9 Å². The molecule has 0 radical (unpaired) electrons. The van der Waals surface area contributed by atoms with Gasteiger partial charge in [-0.15, -0.1) is 0 Å². The van der Waals surface area contributed by atoms with Crippen molar-refractivity contribution in [3.63, 3.8) is 0 Å². The number of fused-ring (bicyclic) bond motifs is 1. The summed E-state index contributed by atoms with van der Waals surface area (Å²) in [5, 5.41) is 13.3. The molecular formula is C11H10IN3. The van der Waals surface area contributed by atoms with Gasteiger partial charge in [0.25, 0.3) is 0 Å². The topological polar surface area (TPSA) is 41.1 Å². The molecule has 2 heterocycles. The number of rotatable bonds is 1.